The van der Waals surface area contributed by atoms with Crippen molar-refractivity contribution in [2.24, 2.45) is 10.7 Å². The number of halogens is 1. The summed E-state index contributed by atoms with van der Waals surface area (Å²) in [6.45, 7) is 4.45. The van der Waals surface area contributed by atoms with Gasteiger partial charge in [-0.15, -0.1) is 24.0 Å². The maximum Gasteiger partial charge on any atom is 0.189 e. The molecule has 1 atom stereocenters. The van der Waals surface area contributed by atoms with Gasteiger partial charge in [0.25, 0.3) is 0 Å². The Morgan fingerprint density at radius 1 is 1.18 bits per heavy atom. The van der Waals surface area contributed by atoms with Gasteiger partial charge in [0.05, 0.1) is 32.4 Å². The highest BCUT2D eigenvalue weighted by atomic mass is 127. The second-order valence-electron chi connectivity index (χ2n) is 6.70. The van der Waals surface area contributed by atoms with Crippen LogP contribution in [-0.2, 0) is 11.3 Å². The zero-order valence-corrected chi connectivity index (χ0v) is 18.0. The van der Waals surface area contributed by atoms with Crippen LogP contribution in [0.1, 0.15) is 23.6 Å². The smallest absolute Gasteiger partial charge is 0.189 e. The van der Waals surface area contributed by atoms with E-state index in [1.54, 1.807) is 0 Å². The summed E-state index contributed by atoms with van der Waals surface area (Å²) in [6, 6.07) is 12.3. The lowest BCUT2D eigenvalue weighted by Gasteiger charge is -2.27. The fourth-order valence-electron chi connectivity index (χ4n) is 3.38. The van der Waals surface area contributed by atoms with Crippen molar-refractivity contribution in [2.75, 3.05) is 37.8 Å². The molecule has 0 saturated carbocycles. The summed E-state index contributed by atoms with van der Waals surface area (Å²) in [5.74, 6) is 2.34. The summed E-state index contributed by atoms with van der Waals surface area (Å²) in [5, 5.41) is 3.31. The molecule has 2 aliphatic heterocycles. The largest absolute Gasteiger partial charge is 0.493 e. The number of pyridine rings is 1. The Labute approximate surface area is 182 Å². The second kappa shape index (κ2) is 9.92. The quantitative estimate of drug-likeness (QED) is 0.385. The summed E-state index contributed by atoms with van der Waals surface area (Å²) in [7, 11) is 0. The lowest BCUT2D eigenvalue weighted by Crippen LogP contribution is -2.37. The van der Waals surface area contributed by atoms with Crippen molar-refractivity contribution in [3.05, 3.63) is 53.7 Å². The number of nitrogens with one attached hydrogen (secondary N) is 1. The summed E-state index contributed by atoms with van der Waals surface area (Å²) in [5.41, 5.74) is 8.27. The van der Waals surface area contributed by atoms with Gasteiger partial charge in [-0.3, -0.25) is 0 Å². The molecule has 7 nitrogen and oxygen atoms in total. The Morgan fingerprint density at radius 2 is 2.00 bits per heavy atom. The molecule has 1 aromatic carbocycles. The van der Waals surface area contributed by atoms with E-state index in [2.05, 4.69) is 32.3 Å². The Morgan fingerprint density at radius 3 is 2.79 bits per heavy atom. The number of hydrogen-bond donors (Lipinski definition) is 2. The molecule has 1 fully saturated rings. The van der Waals surface area contributed by atoms with Crippen LogP contribution >= 0.6 is 24.0 Å². The van der Waals surface area contributed by atoms with Crippen LogP contribution in [-0.4, -0.2) is 43.9 Å². The van der Waals surface area contributed by atoms with Crippen molar-refractivity contribution >= 4 is 35.8 Å². The number of para-hydroxylation sites is 1. The molecule has 2 aliphatic rings. The van der Waals surface area contributed by atoms with Crippen LogP contribution < -0.4 is 20.7 Å². The Balaban J connectivity index is 0.00000225. The van der Waals surface area contributed by atoms with Gasteiger partial charge in [0, 0.05) is 31.3 Å². The number of morpholine rings is 1. The van der Waals surface area contributed by atoms with Crippen LogP contribution in [0.4, 0.5) is 5.82 Å². The molecule has 0 radical (unpaired) electrons. The van der Waals surface area contributed by atoms with Crippen LogP contribution in [0.15, 0.2) is 47.6 Å². The predicted molar refractivity (Wildman–Crippen MR) is 120 cm³/mol. The molecule has 1 unspecified atom stereocenters. The molecule has 8 heteroatoms. The molecular weight excluding hydrogens is 469 g/mol. The van der Waals surface area contributed by atoms with Crippen molar-refractivity contribution in [3.8, 4) is 5.75 Å². The van der Waals surface area contributed by atoms with Crippen LogP contribution in [0.25, 0.3) is 0 Å². The average Bonchev–Trinajstić information content (AvgIpc) is 2.74. The van der Waals surface area contributed by atoms with E-state index in [1.807, 2.05) is 30.5 Å². The van der Waals surface area contributed by atoms with E-state index in [0.29, 0.717) is 19.1 Å². The minimum absolute atomic E-state index is 0. The van der Waals surface area contributed by atoms with Gasteiger partial charge in [0.1, 0.15) is 11.6 Å². The maximum atomic E-state index is 6.11. The first kappa shape index (κ1) is 20.7. The van der Waals surface area contributed by atoms with E-state index >= 15 is 0 Å². The van der Waals surface area contributed by atoms with E-state index < -0.39 is 0 Å². The molecular formula is C20H26IN5O2. The van der Waals surface area contributed by atoms with Crippen molar-refractivity contribution < 1.29 is 9.47 Å². The van der Waals surface area contributed by atoms with E-state index in [1.165, 1.54) is 0 Å². The van der Waals surface area contributed by atoms with Crippen molar-refractivity contribution in [3.63, 3.8) is 0 Å². The predicted octanol–water partition coefficient (Wildman–Crippen LogP) is 2.46. The van der Waals surface area contributed by atoms with Gasteiger partial charge in [0.2, 0.25) is 0 Å². The fraction of sp³-hybridized carbons (Fsp3) is 0.400. The van der Waals surface area contributed by atoms with E-state index in [9.17, 15) is 0 Å². The standard InChI is InChI=1S/C20H25N5O2.HI/c21-20(24-17-7-10-27-18-4-2-1-3-16(17)18)23-14-15-5-6-19(22-13-15)25-8-11-26-12-9-25;/h1-6,13,17H,7-12,14H2,(H3,21,23,24);1H. The van der Waals surface area contributed by atoms with Gasteiger partial charge < -0.3 is 25.4 Å². The number of guanidine groups is 1. The third-order valence-corrected chi connectivity index (χ3v) is 4.86. The Bertz CT molecular complexity index is 793. The number of aliphatic imine (C=N–C) groups is 1. The lowest BCUT2D eigenvalue weighted by molar-refractivity contribution is 0.122. The molecule has 28 heavy (non-hydrogen) atoms. The average molecular weight is 495 g/mol. The maximum absolute atomic E-state index is 6.11. The van der Waals surface area contributed by atoms with Crippen LogP contribution in [0.2, 0.25) is 0 Å². The van der Waals surface area contributed by atoms with E-state index in [-0.39, 0.29) is 30.0 Å². The van der Waals surface area contributed by atoms with Crippen LogP contribution in [0.3, 0.4) is 0 Å². The molecule has 3 N–H and O–H groups in total. The molecule has 3 heterocycles. The summed E-state index contributed by atoms with van der Waals surface area (Å²) in [4.78, 5) is 11.3. The molecule has 2 aromatic rings. The van der Waals surface area contributed by atoms with Gasteiger partial charge in [0.15, 0.2) is 5.96 Å². The van der Waals surface area contributed by atoms with Crippen molar-refractivity contribution in [2.45, 2.75) is 19.0 Å². The first-order valence-electron chi connectivity index (χ1n) is 9.35. The number of rotatable bonds is 4. The highest BCUT2D eigenvalue weighted by molar-refractivity contribution is 14.0. The number of aromatic nitrogens is 1. The summed E-state index contributed by atoms with van der Waals surface area (Å²) in [6.07, 6.45) is 2.73. The topological polar surface area (TPSA) is 85.0 Å². The van der Waals surface area contributed by atoms with E-state index in [0.717, 1.165) is 55.4 Å². The van der Waals surface area contributed by atoms with Gasteiger partial charge in [-0.25, -0.2) is 9.98 Å². The zero-order valence-electron chi connectivity index (χ0n) is 15.7. The molecule has 0 amide bonds. The fourth-order valence-corrected chi connectivity index (χ4v) is 3.38. The number of hydrogen-bond acceptors (Lipinski definition) is 5. The Hall–Kier alpha value is -2.07. The summed E-state index contributed by atoms with van der Waals surface area (Å²) < 4.78 is 11.1. The normalized spacial score (nSPS) is 19.2. The number of nitrogens with two attached hydrogens (primary N) is 1. The zero-order chi connectivity index (χ0) is 18.5. The van der Waals surface area contributed by atoms with E-state index in [4.69, 9.17) is 15.2 Å². The second-order valence-corrected chi connectivity index (χ2v) is 6.70. The minimum Gasteiger partial charge on any atom is -0.493 e. The number of ether oxygens (including phenoxy) is 2. The SMILES string of the molecule is I.NC(=NCc1ccc(N2CCOCC2)nc1)NC1CCOc2ccccc21. The molecule has 4 rings (SSSR count). The molecule has 1 saturated heterocycles. The number of anilines is 1. The number of nitrogens with zero attached hydrogens (tertiary/aromatic N) is 3. The van der Waals surface area contributed by atoms with Gasteiger partial charge >= 0.3 is 0 Å². The highest BCUT2D eigenvalue weighted by Gasteiger charge is 2.21. The first-order chi connectivity index (χ1) is 13.3. The molecule has 150 valence electrons. The number of benzene rings is 1. The van der Waals surface area contributed by atoms with Gasteiger partial charge in [-0.05, 0) is 17.7 Å². The third-order valence-electron chi connectivity index (χ3n) is 4.86. The number of fused-ring (bicyclic) bond motifs is 1. The van der Waals surface area contributed by atoms with Gasteiger partial charge in [-0.2, -0.15) is 0 Å². The third kappa shape index (κ3) is 5.05. The minimum atomic E-state index is 0. The highest BCUT2D eigenvalue weighted by Crippen LogP contribution is 2.31. The molecule has 1 aromatic heterocycles. The van der Waals surface area contributed by atoms with Crippen LogP contribution in [0, 0.1) is 0 Å². The molecule has 0 bridgehead atoms. The summed E-state index contributed by atoms with van der Waals surface area (Å²) >= 11 is 0. The van der Waals surface area contributed by atoms with Gasteiger partial charge in [-0.1, -0.05) is 24.3 Å². The molecule has 0 aliphatic carbocycles. The monoisotopic (exact) mass is 495 g/mol. The molecule has 0 spiro atoms. The lowest BCUT2D eigenvalue weighted by atomic mass is 10.0. The Kier molecular flexibility index (Phi) is 7.32. The van der Waals surface area contributed by atoms with Crippen LogP contribution in [0.5, 0.6) is 5.75 Å². The first-order valence-corrected chi connectivity index (χ1v) is 9.35. The van der Waals surface area contributed by atoms with Crippen molar-refractivity contribution in [1.82, 2.24) is 10.3 Å². The van der Waals surface area contributed by atoms with Crippen molar-refractivity contribution in [1.29, 1.82) is 0 Å².